The van der Waals surface area contributed by atoms with Crippen LogP contribution < -0.4 is 5.32 Å². The number of ether oxygens (including phenoxy) is 1. The molecule has 1 aliphatic carbocycles. The average Bonchev–Trinajstić information content (AvgIpc) is 3.61. The highest BCUT2D eigenvalue weighted by Crippen LogP contribution is 2.40. The summed E-state index contributed by atoms with van der Waals surface area (Å²) in [6.45, 7) is -0.0444. The van der Waals surface area contributed by atoms with E-state index in [0.717, 1.165) is 18.4 Å². The van der Waals surface area contributed by atoms with Gasteiger partial charge in [-0.3, -0.25) is 14.7 Å². The molecular weight excluding hydrogens is 492 g/mol. The third-order valence-electron chi connectivity index (χ3n) is 6.23. The van der Waals surface area contributed by atoms with Crippen molar-refractivity contribution in [2.45, 2.75) is 37.6 Å². The highest BCUT2D eigenvalue weighted by molar-refractivity contribution is 6.30. The predicted molar refractivity (Wildman–Crippen MR) is 130 cm³/mol. The van der Waals surface area contributed by atoms with Gasteiger partial charge in [0, 0.05) is 29.7 Å². The molecule has 0 aliphatic heterocycles. The Morgan fingerprint density at radius 3 is 2.58 bits per heavy atom. The van der Waals surface area contributed by atoms with Gasteiger partial charge in [-0.15, -0.1) is 0 Å². The molecule has 3 N–H and O–H groups in total. The maximum Gasteiger partial charge on any atom is 0.308 e. The molecule has 1 fully saturated rings. The number of aromatic nitrogens is 2. The first-order chi connectivity index (χ1) is 17.3. The molecule has 10 heteroatoms. The van der Waals surface area contributed by atoms with Gasteiger partial charge in [-0.05, 0) is 55.0 Å². The Balaban J connectivity index is 1.53. The predicted octanol–water partition coefficient (Wildman–Crippen LogP) is 4.96. The van der Waals surface area contributed by atoms with Crippen molar-refractivity contribution in [3.8, 4) is 11.1 Å². The third-order valence-corrected chi connectivity index (χ3v) is 6.47. The molecule has 2 aromatic carbocycles. The SMILES string of the molecule is COC[C@H](C[C@@H](Cc1ccc(-c2cc(Cl)ccc2F)cc1)NC(=O)c1n[nH]c(C2CC2)c1F)C(=O)O. The molecule has 0 bridgehead atoms. The first kappa shape index (κ1) is 25.8. The first-order valence-electron chi connectivity index (χ1n) is 11.6. The fourth-order valence-corrected chi connectivity index (χ4v) is 4.36. The van der Waals surface area contributed by atoms with Crippen LogP contribution in [0.25, 0.3) is 11.1 Å². The van der Waals surface area contributed by atoms with Crippen LogP contribution in [0.1, 0.15) is 46.9 Å². The van der Waals surface area contributed by atoms with Crippen molar-refractivity contribution >= 4 is 23.5 Å². The van der Waals surface area contributed by atoms with Crippen molar-refractivity contribution in [3.05, 3.63) is 76.1 Å². The fourth-order valence-electron chi connectivity index (χ4n) is 4.19. The zero-order valence-corrected chi connectivity index (χ0v) is 20.3. The van der Waals surface area contributed by atoms with E-state index in [2.05, 4.69) is 15.5 Å². The van der Waals surface area contributed by atoms with Crippen LogP contribution in [0.3, 0.4) is 0 Å². The summed E-state index contributed by atoms with van der Waals surface area (Å²) in [4.78, 5) is 24.6. The number of carbonyl (C=O) groups is 2. The molecule has 1 saturated carbocycles. The minimum Gasteiger partial charge on any atom is -0.481 e. The van der Waals surface area contributed by atoms with Crippen LogP contribution in [-0.4, -0.2) is 46.9 Å². The molecule has 0 spiro atoms. The molecule has 3 aromatic rings. The molecule has 2 atom stereocenters. The van der Waals surface area contributed by atoms with Crippen molar-refractivity contribution in [3.63, 3.8) is 0 Å². The minimum atomic E-state index is -1.06. The second-order valence-corrected chi connectivity index (χ2v) is 9.43. The number of carboxylic acids is 1. The third kappa shape index (κ3) is 6.09. The lowest BCUT2D eigenvalue weighted by atomic mass is 9.94. The van der Waals surface area contributed by atoms with Crippen LogP contribution in [0.2, 0.25) is 5.02 Å². The lowest BCUT2D eigenvalue weighted by Crippen LogP contribution is -2.40. The topological polar surface area (TPSA) is 104 Å². The van der Waals surface area contributed by atoms with Gasteiger partial charge >= 0.3 is 5.97 Å². The lowest BCUT2D eigenvalue weighted by Gasteiger charge is -2.22. The van der Waals surface area contributed by atoms with Gasteiger partial charge in [0.2, 0.25) is 0 Å². The van der Waals surface area contributed by atoms with Crippen molar-refractivity contribution in [2.75, 3.05) is 13.7 Å². The maximum atomic E-state index is 14.7. The maximum absolute atomic E-state index is 14.7. The smallest absolute Gasteiger partial charge is 0.308 e. The van der Waals surface area contributed by atoms with E-state index in [1.54, 1.807) is 24.3 Å². The zero-order valence-electron chi connectivity index (χ0n) is 19.6. The number of carboxylic acid groups (broad SMARTS) is 1. The molecule has 36 heavy (non-hydrogen) atoms. The zero-order chi connectivity index (χ0) is 25.8. The van der Waals surface area contributed by atoms with E-state index in [1.807, 2.05) is 0 Å². The molecule has 0 radical (unpaired) electrons. The molecule has 4 rings (SSSR count). The summed E-state index contributed by atoms with van der Waals surface area (Å²) < 4.78 is 34.0. The van der Waals surface area contributed by atoms with E-state index >= 15 is 0 Å². The molecule has 1 amide bonds. The molecule has 190 valence electrons. The molecular formula is C26H26ClF2N3O4. The Bertz CT molecular complexity index is 1240. The number of aliphatic carboxylic acids is 1. The van der Waals surface area contributed by atoms with Crippen molar-refractivity contribution in [1.82, 2.24) is 15.5 Å². The Hall–Kier alpha value is -3.30. The van der Waals surface area contributed by atoms with Gasteiger partial charge in [-0.1, -0.05) is 35.9 Å². The number of halogens is 3. The van der Waals surface area contributed by atoms with Crippen molar-refractivity contribution < 1.29 is 28.2 Å². The van der Waals surface area contributed by atoms with Gasteiger partial charge in [0.1, 0.15) is 5.82 Å². The number of methoxy groups -OCH3 is 1. The van der Waals surface area contributed by atoms with E-state index in [9.17, 15) is 23.5 Å². The Labute approximate surface area is 211 Å². The molecule has 0 saturated heterocycles. The number of hydrogen-bond donors (Lipinski definition) is 3. The van der Waals surface area contributed by atoms with Gasteiger partial charge in [-0.2, -0.15) is 5.10 Å². The minimum absolute atomic E-state index is 0.0444. The van der Waals surface area contributed by atoms with Crippen LogP contribution >= 0.6 is 11.6 Å². The van der Waals surface area contributed by atoms with Gasteiger partial charge in [0.15, 0.2) is 11.5 Å². The number of rotatable bonds is 11. The van der Waals surface area contributed by atoms with Crippen LogP contribution in [-0.2, 0) is 16.0 Å². The second kappa shape index (κ2) is 11.2. The van der Waals surface area contributed by atoms with Gasteiger partial charge in [-0.25, -0.2) is 8.78 Å². The number of carbonyl (C=O) groups excluding carboxylic acids is 1. The average molecular weight is 518 g/mol. The standard InChI is InChI=1S/C26H26ClF2N3O4/c1-36-13-17(26(34)35)11-19(30-25(33)24-22(29)23(31-32-24)16-6-7-16)10-14-2-4-15(5-3-14)20-12-18(27)8-9-21(20)28/h2-5,8-9,12,16-17,19H,6-7,10-11,13H2,1H3,(H,30,33)(H,31,32)(H,34,35)/t17-,19+/m0/s1. The van der Waals surface area contributed by atoms with Crippen LogP contribution in [0.5, 0.6) is 0 Å². The van der Waals surface area contributed by atoms with Gasteiger partial charge in [0.25, 0.3) is 5.91 Å². The Kier molecular flexibility index (Phi) is 8.01. The number of amides is 1. The number of benzene rings is 2. The lowest BCUT2D eigenvalue weighted by molar-refractivity contribution is -0.144. The van der Waals surface area contributed by atoms with Crippen LogP contribution in [0, 0.1) is 17.6 Å². The summed E-state index contributed by atoms with van der Waals surface area (Å²) >= 11 is 6.00. The number of nitrogens with one attached hydrogen (secondary N) is 2. The number of H-pyrrole nitrogens is 1. The van der Waals surface area contributed by atoms with Crippen molar-refractivity contribution in [1.29, 1.82) is 0 Å². The highest BCUT2D eigenvalue weighted by Gasteiger charge is 2.33. The fraction of sp³-hybridized carbons (Fsp3) is 0.346. The molecule has 7 nitrogen and oxygen atoms in total. The number of aromatic amines is 1. The van der Waals surface area contributed by atoms with Crippen molar-refractivity contribution in [2.24, 2.45) is 5.92 Å². The second-order valence-electron chi connectivity index (χ2n) is 9.00. The molecule has 1 aromatic heterocycles. The van der Waals surface area contributed by atoms with E-state index in [4.69, 9.17) is 16.3 Å². The summed E-state index contributed by atoms with van der Waals surface area (Å²) in [6, 6.07) is 10.6. The normalized spacial score (nSPS) is 14.9. The summed E-state index contributed by atoms with van der Waals surface area (Å²) in [5, 5.41) is 19.2. The summed E-state index contributed by atoms with van der Waals surface area (Å²) in [7, 11) is 1.40. The summed E-state index contributed by atoms with van der Waals surface area (Å²) in [6.07, 6.45) is 2.00. The molecule has 1 heterocycles. The Morgan fingerprint density at radius 2 is 1.94 bits per heavy atom. The summed E-state index contributed by atoms with van der Waals surface area (Å²) in [5.41, 5.74) is 1.73. The van der Waals surface area contributed by atoms with E-state index in [1.165, 1.54) is 25.3 Å². The number of hydrogen-bond acceptors (Lipinski definition) is 4. The summed E-state index contributed by atoms with van der Waals surface area (Å²) in [5.74, 6) is -3.70. The van der Waals surface area contributed by atoms with E-state index in [0.29, 0.717) is 21.8 Å². The highest BCUT2D eigenvalue weighted by atomic mass is 35.5. The van der Waals surface area contributed by atoms with Crippen LogP contribution in [0.4, 0.5) is 8.78 Å². The quantitative estimate of drug-likeness (QED) is 0.333. The van der Waals surface area contributed by atoms with Gasteiger partial charge < -0.3 is 15.2 Å². The largest absolute Gasteiger partial charge is 0.481 e. The van der Waals surface area contributed by atoms with E-state index in [-0.39, 0.29) is 31.1 Å². The van der Waals surface area contributed by atoms with E-state index < -0.39 is 35.5 Å². The van der Waals surface area contributed by atoms with Crippen LogP contribution in [0.15, 0.2) is 42.5 Å². The molecule has 0 unspecified atom stereocenters. The number of nitrogens with zero attached hydrogens (tertiary/aromatic N) is 1. The monoisotopic (exact) mass is 517 g/mol. The Morgan fingerprint density at radius 1 is 1.22 bits per heavy atom. The first-order valence-corrected chi connectivity index (χ1v) is 11.9. The molecule has 1 aliphatic rings. The van der Waals surface area contributed by atoms with Gasteiger partial charge in [0.05, 0.1) is 18.2 Å².